The fourth-order valence-corrected chi connectivity index (χ4v) is 3.89. The van der Waals surface area contributed by atoms with Crippen LogP contribution in [-0.2, 0) is 0 Å². The van der Waals surface area contributed by atoms with Crippen molar-refractivity contribution in [2.24, 2.45) is 0 Å². The van der Waals surface area contributed by atoms with Crippen LogP contribution in [-0.4, -0.2) is 18.0 Å². The number of hydrogen-bond acceptors (Lipinski definition) is 4. The molecule has 0 unspecified atom stereocenters. The van der Waals surface area contributed by atoms with Crippen LogP contribution in [0, 0.1) is 17.4 Å². The van der Waals surface area contributed by atoms with Crippen molar-refractivity contribution < 1.29 is 9.53 Å². The number of halogens is 1. The number of thiazole rings is 1. The standard InChI is InChI=1S/C19H17IN2O2S/c1-11-5-4-6-15(16(11)20)18(23)22-19-21-17(12(2)25-19)13-7-9-14(24-3)10-8-13/h4-10H,1-3H3,(H,21,22,23). The van der Waals surface area contributed by atoms with Gasteiger partial charge in [0, 0.05) is 14.0 Å². The van der Waals surface area contributed by atoms with Gasteiger partial charge in [-0.2, -0.15) is 0 Å². The van der Waals surface area contributed by atoms with Gasteiger partial charge in [-0.05, 0) is 72.3 Å². The van der Waals surface area contributed by atoms with E-state index in [4.69, 9.17) is 4.74 Å². The fraction of sp³-hybridized carbons (Fsp3) is 0.158. The van der Waals surface area contributed by atoms with E-state index in [1.807, 2.05) is 56.3 Å². The zero-order valence-electron chi connectivity index (χ0n) is 14.1. The van der Waals surface area contributed by atoms with Crippen LogP contribution in [0.5, 0.6) is 5.75 Å². The van der Waals surface area contributed by atoms with E-state index in [1.165, 1.54) is 11.3 Å². The molecule has 2 aromatic carbocycles. The van der Waals surface area contributed by atoms with E-state index in [1.54, 1.807) is 7.11 Å². The number of carbonyl (C=O) groups is 1. The first-order chi connectivity index (χ1) is 12.0. The van der Waals surface area contributed by atoms with Gasteiger partial charge in [0.1, 0.15) is 5.75 Å². The number of carbonyl (C=O) groups excluding carboxylic acids is 1. The summed E-state index contributed by atoms with van der Waals surface area (Å²) in [7, 11) is 1.64. The van der Waals surface area contributed by atoms with Crippen LogP contribution >= 0.6 is 33.9 Å². The third kappa shape index (κ3) is 3.85. The second kappa shape index (κ2) is 7.53. The zero-order chi connectivity index (χ0) is 18.0. The second-order valence-electron chi connectivity index (χ2n) is 5.54. The van der Waals surface area contributed by atoms with Crippen LogP contribution in [0.3, 0.4) is 0 Å². The van der Waals surface area contributed by atoms with Gasteiger partial charge in [-0.25, -0.2) is 4.98 Å². The topological polar surface area (TPSA) is 51.2 Å². The van der Waals surface area contributed by atoms with Crippen molar-refractivity contribution in [1.29, 1.82) is 0 Å². The predicted molar refractivity (Wildman–Crippen MR) is 111 cm³/mol. The smallest absolute Gasteiger partial charge is 0.258 e. The van der Waals surface area contributed by atoms with Crippen LogP contribution in [0.2, 0.25) is 0 Å². The molecule has 0 saturated carbocycles. The molecule has 0 saturated heterocycles. The average Bonchev–Trinajstić information content (AvgIpc) is 2.97. The highest BCUT2D eigenvalue weighted by Gasteiger charge is 2.15. The fourth-order valence-electron chi connectivity index (χ4n) is 2.45. The molecule has 6 heteroatoms. The number of aromatic nitrogens is 1. The molecule has 0 bridgehead atoms. The van der Waals surface area contributed by atoms with Crippen LogP contribution in [0.25, 0.3) is 11.3 Å². The molecule has 3 rings (SSSR count). The van der Waals surface area contributed by atoms with Crippen LogP contribution in [0.1, 0.15) is 20.8 Å². The monoisotopic (exact) mass is 464 g/mol. The minimum Gasteiger partial charge on any atom is -0.497 e. The summed E-state index contributed by atoms with van der Waals surface area (Å²) in [6.45, 7) is 4.00. The molecule has 0 spiro atoms. The van der Waals surface area contributed by atoms with Gasteiger partial charge in [0.05, 0.1) is 18.4 Å². The van der Waals surface area contributed by atoms with Crippen molar-refractivity contribution in [2.75, 3.05) is 12.4 Å². The van der Waals surface area contributed by atoms with Crippen molar-refractivity contribution >= 4 is 45.0 Å². The SMILES string of the molecule is COc1ccc(-c2nc(NC(=O)c3cccc(C)c3I)sc2C)cc1. The van der Waals surface area contributed by atoms with Gasteiger partial charge in [0.15, 0.2) is 5.13 Å². The number of nitrogens with zero attached hydrogens (tertiary/aromatic N) is 1. The van der Waals surface area contributed by atoms with Crippen molar-refractivity contribution in [2.45, 2.75) is 13.8 Å². The Balaban J connectivity index is 1.84. The Morgan fingerprint density at radius 2 is 1.88 bits per heavy atom. The largest absolute Gasteiger partial charge is 0.497 e. The minimum absolute atomic E-state index is 0.136. The number of hydrogen-bond donors (Lipinski definition) is 1. The molecule has 128 valence electrons. The lowest BCUT2D eigenvalue weighted by molar-refractivity contribution is 0.102. The first kappa shape index (κ1) is 17.9. The number of methoxy groups -OCH3 is 1. The summed E-state index contributed by atoms with van der Waals surface area (Å²) in [5.74, 6) is 0.669. The summed E-state index contributed by atoms with van der Waals surface area (Å²) in [4.78, 5) is 18.2. The third-order valence-electron chi connectivity index (χ3n) is 3.82. The molecule has 25 heavy (non-hydrogen) atoms. The Labute approximate surface area is 164 Å². The molecule has 0 aliphatic rings. The Morgan fingerprint density at radius 3 is 2.56 bits per heavy atom. The number of nitrogens with one attached hydrogen (secondary N) is 1. The van der Waals surface area contributed by atoms with E-state index in [0.29, 0.717) is 10.7 Å². The molecule has 1 aromatic heterocycles. The van der Waals surface area contributed by atoms with Crippen LogP contribution < -0.4 is 10.1 Å². The molecule has 1 amide bonds. The van der Waals surface area contributed by atoms with E-state index in [2.05, 4.69) is 32.9 Å². The molecule has 1 N–H and O–H groups in total. The van der Waals surface area contributed by atoms with E-state index >= 15 is 0 Å². The molecule has 3 aromatic rings. The number of benzene rings is 2. The Bertz CT molecular complexity index is 920. The van der Waals surface area contributed by atoms with Gasteiger partial charge in [0.2, 0.25) is 0 Å². The number of rotatable bonds is 4. The maximum Gasteiger partial charge on any atom is 0.258 e. The highest BCUT2D eigenvalue weighted by Crippen LogP contribution is 2.31. The average molecular weight is 464 g/mol. The van der Waals surface area contributed by atoms with Gasteiger partial charge in [0.25, 0.3) is 5.91 Å². The van der Waals surface area contributed by atoms with Gasteiger partial charge in [-0.3, -0.25) is 10.1 Å². The van der Waals surface area contributed by atoms with Gasteiger partial charge >= 0.3 is 0 Å². The number of ether oxygens (including phenoxy) is 1. The maximum atomic E-state index is 12.6. The lowest BCUT2D eigenvalue weighted by Crippen LogP contribution is -2.13. The van der Waals surface area contributed by atoms with E-state index in [9.17, 15) is 4.79 Å². The van der Waals surface area contributed by atoms with E-state index in [-0.39, 0.29) is 5.91 Å². The zero-order valence-corrected chi connectivity index (χ0v) is 17.1. The van der Waals surface area contributed by atoms with Gasteiger partial charge in [-0.1, -0.05) is 12.1 Å². The summed E-state index contributed by atoms with van der Waals surface area (Å²) in [6.07, 6.45) is 0. The first-order valence-electron chi connectivity index (χ1n) is 7.68. The molecular formula is C19H17IN2O2S. The number of amides is 1. The van der Waals surface area contributed by atoms with E-state index < -0.39 is 0 Å². The van der Waals surface area contributed by atoms with Crippen molar-refractivity contribution in [3.05, 3.63) is 62.0 Å². The summed E-state index contributed by atoms with van der Waals surface area (Å²) >= 11 is 3.68. The third-order valence-corrected chi connectivity index (χ3v) is 6.14. The minimum atomic E-state index is -0.136. The van der Waals surface area contributed by atoms with Gasteiger partial charge < -0.3 is 4.74 Å². The Morgan fingerprint density at radius 1 is 1.16 bits per heavy atom. The molecule has 4 nitrogen and oxygen atoms in total. The lowest BCUT2D eigenvalue weighted by Gasteiger charge is -2.06. The molecular weight excluding hydrogens is 447 g/mol. The van der Waals surface area contributed by atoms with Crippen LogP contribution in [0.4, 0.5) is 5.13 Å². The highest BCUT2D eigenvalue weighted by atomic mass is 127. The number of anilines is 1. The highest BCUT2D eigenvalue weighted by molar-refractivity contribution is 14.1. The summed E-state index contributed by atoms with van der Waals surface area (Å²) < 4.78 is 6.15. The Kier molecular flexibility index (Phi) is 5.39. The van der Waals surface area contributed by atoms with E-state index in [0.717, 1.165) is 31.0 Å². The normalized spacial score (nSPS) is 10.6. The first-order valence-corrected chi connectivity index (χ1v) is 9.57. The second-order valence-corrected chi connectivity index (χ2v) is 7.82. The molecule has 0 radical (unpaired) electrons. The summed E-state index contributed by atoms with van der Waals surface area (Å²) in [6, 6.07) is 13.5. The quantitative estimate of drug-likeness (QED) is 0.534. The summed E-state index contributed by atoms with van der Waals surface area (Å²) in [5, 5.41) is 3.52. The maximum absolute atomic E-state index is 12.6. The predicted octanol–water partition coefficient (Wildman–Crippen LogP) is 5.29. The molecule has 0 aliphatic heterocycles. The van der Waals surface area contributed by atoms with Crippen molar-refractivity contribution in [1.82, 2.24) is 4.98 Å². The van der Waals surface area contributed by atoms with Crippen molar-refractivity contribution in [3.63, 3.8) is 0 Å². The molecule has 0 fully saturated rings. The molecule has 1 heterocycles. The van der Waals surface area contributed by atoms with Crippen molar-refractivity contribution in [3.8, 4) is 17.0 Å². The molecule has 0 atom stereocenters. The number of aryl methyl sites for hydroxylation is 2. The Hall–Kier alpha value is -1.93. The van der Waals surface area contributed by atoms with Gasteiger partial charge in [-0.15, -0.1) is 11.3 Å². The summed E-state index contributed by atoms with van der Waals surface area (Å²) in [5.41, 5.74) is 3.63. The molecule has 0 aliphatic carbocycles. The van der Waals surface area contributed by atoms with Crippen LogP contribution in [0.15, 0.2) is 42.5 Å². The lowest BCUT2D eigenvalue weighted by atomic mass is 10.1.